The quantitative estimate of drug-likeness (QED) is 0.861. The molecule has 1 aromatic heterocycles. The van der Waals surface area contributed by atoms with Crippen molar-refractivity contribution in [2.45, 2.75) is 13.5 Å². The summed E-state index contributed by atoms with van der Waals surface area (Å²) in [4.78, 5) is 15.2. The number of nitrogens with two attached hydrogens (primary N) is 1. The van der Waals surface area contributed by atoms with Crippen LogP contribution in [0, 0.1) is 6.92 Å². The Bertz CT molecular complexity index is 552. The van der Waals surface area contributed by atoms with Gasteiger partial charge in [-0.1, -0.05) is 6.07 Å². The Hall–Kier alpha value is -2.36. The minimum Gasteiger partial charge on any atom is -0.381 e. The third kappa shape index (κ3) is 2.66. The Morgan fingerprint density at radius 2 is 2.00 bits per heavy atom. The van der Waals surface area contributed by atoms with Crippen molar-refractivity contribution in [3.05, 3.63) is 59.4 Å². The first kappa shape index (κ1) is 12.1. The zero-order valence-corrected chi connectivity index (χ0v) is 10.2. The molecule has 0 aliphatic heterocycles. The van der Waals surface area contributed by atoms with Crippen LogP contribution in [0.5, 0.6) is 0 Å². The van der Waals surface area contributed by atoms with Gasteiger partial charge in [0.15, 0.2) is 0 Å². The zero-order valence-electron chi connectivity index (χ0n) is 10.2. The number of hydrogen-bond acceptors (Lipinski definition) is 3. The summed E-state index contributed by atoms with van der Waals surface area (Å²) in [7, 11) is 0. The van der Waals surface area contributed by atoms with E-state index in [1.165, 1.54) is 0 Å². The molecule has 4 heteroatoms. The van der Waals surface area contributed by atoms with E-state index in [9.17, 15) is 4.79 Å². The summed E-state index contributed by atoms with van der Waals surface area (Å²) in [5.41, 5.74) is 8.79. The molecule has 0 bridgehead atoms. The second kappa shape index (κ2) is 5.31. The second-order valence-corrected chi connectivity index (χ2v) is 4.05. The maximum Gasteiger partial charge on any atom is 0.249 e. The average Bonchev–Trinajstić information content (AvgIpc) is 2.38. The maximum atomic E-state index is 11.2. The Labute approximate surface area is 106 Å². The average molecular weight is 241 g/mol. The van der Waals surface area contributed by atoms with Crippen molar-refractivity contribution in [3.8, 4) is 0 Å². The fourth-order valence-corrected chi connectivity index (χ4v) is 1.79. The largest absolute Gasteiger partial charge is 0.381 e. The SMILES string of the molecule is Cc1c(NCc2ccncc2)cccc1C(N)=O. The summed E-state index contributed by atoms with van der Waals surface area (Å²) in [6.07, 6.45) is 3.51. The summed E-state index contributed by atoms with van der Waals surface area (Å²) in [5.74, 6) is -0.403. The maximum absolute atomic E-state index is 11.2. The van der Waals surface area contributed by atoms with E-state index in [-0.39, 0.29) is 0 Å². The van der Waals surface area contributed by atoms with Gasteiger partial charge < -0.3 is 11.1 Å². The molecule has 92 valence electrons. The third-order valence-corrected chi connectivity index (χ3v) is 2.83. The molecule has 1 amide bonds. The molecule has 0 saturated carbocycles. The van der Waals surface area contributed by atoms with Crippen LogP contribution in [0.3, 0.4) is 0 Å². The summed E-state index contributed by atoms with van der Waals surface area (Å²) in [6.45, 7) is 2.57. The molecule has 18 heavy (non-hydrogen) atoms. The summed E-state index contributed by atoms with van der Waals surface area (Å²) in [6, 6.07) is 9.38. The number of carbonyl (C=O) groups is 1. The molecule has 1 heterocycles. The van der Waals surface area contributed by atoms with Gasteiger partial charge in [-0.25, -0.2) is 0 Å². The molecule has 0 fully saturated rings. The van der Waals surface area contributed by atoms with Crippen molar-refractivity contribution in [1.82, 2.24) is 4.98 Å². The number of carbonyl (C=O) groups excluding carboxylic acids is 1. The van der Waals surface area contributed by atoms with Gasteiger partial charge in [-0.05, 0) is 42.3 Å². The molecular formula is C14H15N3O. The van der Waals surface area contributed by atoms with Crippen LogP contribution in [0.1, 0.15) is 21.5 Å². The Balaban J connectivity index is 2.15. The van der Waals surface area contributed by atoms with Crippen molar-refractivity contribution in [3.63, 3.8) is 0 Å². The molecule has 2 aromatic rings. The van der Waals surface area contributed by atoms with E-state index in [4.69, 9.17) is 5.73 Å². The van der Waals surface area contributed by atoms with Crippen molar-refractivity contribution >= 4 is 11.6 Å². The number of hydrogen-bond donors (Lipinski definition) is 2. The number of anilines is 1. The number of nitrogens with zero attached hydrogens (tertiary/aromatic N) is 1. The minimum absolute atomic E-state index is 0.403. The molecule has 0 aliphatic carbocycles. The van der Waals surface area contributed by atoms with Crippen LogP contribution >= 0.6 is 0 Å². The molecule has 2 rings (SSSR count). The van der Waals surface area contributed by atoms with Crippen molar-refractivity contribution in [2.75, 3.05) is 5.32 Å². The van der Waals surface area contributed by atoms with E-state index in [1.807, 2.05) is 31.2 Å². The van der Waals surface area contributed by atoms with Gasteiger partial charge in [-0.3, -0.25) is 9.78 Å². The molecule has 0 atom stereocenters. The van der Waals surface area contributed by atoms with Gasteiger partial charge in [0.1, 0.15) is 0 Å². The first-order chi connectivity index (χ1) is 8.68. The molecule has 3 N–H and O–H groups in total. The number of primary amides is 1. The van der Waals surface area contributed by atoms with E-state index >= 15 is 0 Å². The van der Waals surface area contributed by atoms with Crippen LogP contribution < -0.4 is 11.1 Å². The number of pyridine rings is 1. The van der Waals surface area contributed by atoms with Gasteiger partial charge in [-0.2, -0.15) is 0 Å². The first-order valence-electron chi connectivity index (χ1n) is 5.70. The number of nitrogens with one attached hydrogen (secondary N) is 1. The van der Waals surface area contributed by atoms with Gasteiger partial charge in [0.05, 0.1) is 0 Å². The second-order valence-electron chi connectivity index (χ2n) is 4.05. The number of benzene rings is 1. The monoisotopic (exact) mass is 241 g/mol. The van der Waals surface area contributed by atoms with E-state index in [0.717, 1.165) is 16.8 Å². The van der Waals surface area contributed by atoms with Crippen molar-refractivity contribution < 1.29 is 4.79 Å². The molecule has 0 aliphatic rings. The van der Waals surface area contributed by atoms with E-state index in [1.54, 1.807) is 18.5 Å². The van der Waals surface area contributed by atoms with E-state index < -0.39 is 5.91 Å². The summed E-state index contributed by atoms with van der Waals surface area (Å²) in [5, 5.41) is 3.29. The fraction of sp³-hybridized carbons (Fsp3) is 0.143. The standard InChI is InChI=1S/C14H15N3O/c1-10-12(14(15)18)3-2-4-13(10)17-9-11-5-7-16-8-6-11/h2-8,17H,9H2,1H3,(H2,15,18). The predicted molar refractivity (Wildman–Crippen MR) is 71.3 cm³/mol. The summed E-state index contributed by atoms with van der Waals surface area (Å²) >= 11 is 0. The lowest BCUT2D eigenvalue weighted by Gasteiger charge is -2.11. The van der Waals surface area contributed by atoms with Crippen molar-refractivity contribution in [1.29, 1.82) is 0 Å². The predicted octanol–water partition coefficient (Wildman–Crippen LogP) is 2.10. The Morgan fingerprint density at radius 1 is 1.28 bits per heavy atom. The molecule has 0 radical (unpaired) electrons. The smallest absolute Gasteiger partial charge is 0.249 e. The normalized spacial score (nSPS) is 10.1. The highest BCUT2D eigenvalue weighted by Gasteiger charge is 2.07. The lowest BCUT2D eigenvalue weighted by molar-refractivity contribution is 0.1000. The lowest BCUT2D eigenvalue weighted by Crippen LogP contribution is -2.13. The molecule has 1 aromatic carbocycles. The van der Waals surface area contributed by atoms with Crippen LogP contribution in [0.15, 0.2) is 42.7 Å². The van der Waals surface area contributed by atoms with Crippen LogP contribution in [0.4, 0.5) is 5.69 Å². The van der Waals surface area contributed by atoms with Gasteiger partial charge in [0, 0.05) is 30.2 Å². The van der Waals surface area contributed by atoms with Crippen molar-refractivity contribution in [2.24, 2.45) is 5.73 Å². The van der Waals surface area contributed by atoms with Gasteiger partial charge in [0.2, 0.25) is 5.91 Å². The Kier molecular flexibility index (Phi) is 3.57. The van der Waals surface area contributed by atoms with Crippen LogP contribution in [0.2, 0.25) is 0 Å². The number of rotatable bonds is 4. The van der Waals surface area contributed by atoms with Crippen LogP contribution in [-0.2, 0) is 6.54 Å². The van der Waals surface area contributed by atoms with Gasteiger partial charge >= 0.3 is 0 Å². The highest BCUT2D eigenvalue weighted by Crippen LogP contribution is 2.19. The molecule has 4 nitrogen and oxygen atoms in total. The third-order valence-electron chi connectivity index (χ3n) is 2.83. The number of amides is 1. The Morgan fingerprint density at radius 3 is 2.67 bits per heavy atom. The first-order valence-corrected chi connectivity index (χ1v) is 5.70. The zero-order chi connectivity index (χ0) is 13.0. The fourth-order valence-electron chi connectivity index (χ4n) is 1.79. The van der Waals surface area contributed by atoms with E-state index in [0.29, 0.717) is 12.1 Å². The molecule has 0 spiro atoms. The van der Waals surface area contributed by atoms with Crippen LogP contribution in [0.25, 0.3) is 0 Å². The van der Waals surface area contributed by atoms with Crippen LogP contribution in [-0.4, -0.2) is 10.9 Å². The molecular weight excluding hydrogens is 226 g/mol. The molecule has 0 unspecified atom stereocenters. The summed E-state index contributed by atoms with van der Waals surface area (Å²) < 4.78 is 0. The van der Waals surface area contributed by atoms with Gasteiger partial charge in [0.25, 0.3) is 0 Å². The highest BCUT2D eigenvalue weighted by atomic mass is 16.1. The lowest BCUT2D eigenvalue weighted by atomic mass is 10.1. The number of aromatic nitrogens is 1. The minimum atomic E-state index is -0.403. The molecule has 0 saturated heterocycles. The van der Waals surface area contributed by atoms with Gasteiger partial charge in [-0.15, -0.1) is 0 Å². The topological polar surface area (TPSA) is 68.0 Å². The highest BCUT2D eigenvalue weighted by molar-refractivity contribution is 5.95. The van der Waals surface area contributed by atoms with E-state index in [2.05, 4.69) is 10.3 Å².